The van der Waals surface area contributed by atoms with Crippen molar-refractivity contribution in [1.82, 2.24) is 10.3 Å². The molecule has 2 heterocycles. The summed E-state index contributed by atoms with van der Waals surface area (Å²) in [4.78, 5) is 16.0. The van der Waals surface area contributed by atoms with E-state index in [1.54, 1.807) is 24.4 Å². The van der Waals surface area contributed by atoms with Gasteiger partial charge in [0, 0.05) is 32.8 Å². The van der Waals surface area contributed by atoms with Gasteiger partial charge in [-0.3, -0.25) is 0 Å². The van der Waals surface area contributed by atoms with E-state index in [4.69, 9.17) is 32.7 Å². The van der Waals surface area contributed by atoms with Crippen LogP contribution in [0.1, 0.15) is 17.2 Å². The molecular formula is C15H11BrCl2N2O3. The molecule has 8 heteroatoms. The Kier molecular flexibility index (Phi) is 4.94. The van der Waals surface area contributed by atoms with E-state index in [0.29, 0.717) is 20.4 Å². The molecule has 23 heavy (non-hydrogen) atoms. The number of nitrogens with zero attached hydrogens (tertiary/aromatic N) is 1. The largest absolute Gasteiger partial charge is 0.473 e. The van der Waals surface area contributed by atoms with Crippen molar-refractivity contribution in [2.75, 3.05) is 6.61 Å². The highest BCUT2D eigenvalue weighted by Gasteiger charge is 2.28. The molecule has 1 aromatic heterocycles. The maximum absolute atomic E-state index is 12.0. The van der Waals surface area contributed by atoms with Crippen LogP contribution in [0.25, 0.3) is 0 Å². The Bertz CT molecular complexity index is 734. The topological polar surface area (TPSA) is 60.5 Å². The van der Waals surface area contributed by atoms with Crippen molar-refractivity contribution in [3.05, 3.63) is 56.1 Å². The number of hydrogen-bond donors (Lipinski definition) is 1. The number of aromatic nitrogens is 1. The molecule has 0 fully saturated rings. The minimum Gasteiger partial charge on any atom is -0.473 e. The Labute approximate surface area is 151 Å². The van der Waals surface area contributed by atoms with Gasteiger partial charge in [-0.05, 0) is 24.3 Å². The minimum absolute atomic E-state index is 0.211. The number of amides is 1. The standard InChI is InChI=1S/C15H11BrCl2N2O3/c16-11-4-8(17)5-12(18)10(11)6-20-15(21)23-13-7-22-14-9(13)2-1-3-19-14/h1-5,13H,6-7H2,(H,20,21)/t13-/m1/s1. The van der Waals surface area contributed by atoms with Crippen LogP contribution in [0.3, 0.4) is 0 Å². The second kappa shape index (κ2) is 6.95. The number of carbonyl (C=O) groups excluding carboxylic acids is 1. The molecule has 1 aromatic carbocycles. The highest BCUT2D eigenvalue weighted by Crippen LogP contribution is 2.32. The number of benzene rings is 1. The van der Waals surface area contributed by atoms with Crippen LogP contribution in [-0.4, -0.2) is 17.7 Å². The van der Waals surface area contributed by atoms with E-state index in [1.165, 1.54) is 0 Å². The molecule has 1 amide bonds. The number of alkyl carbamates (subject to hydrolysis) is 1. The average molecular weight is 418 g/mol. The van der Waals surface area contributed by atoms with Gasteiger partial charge in [0.15, 0.2) is 6.10 Å². The first-order valence-electron chi connectivity index (χ1n) is 6.70. The summed E-state index contributed by atoms with van der Waals surface area (Å²) < 4.78 is 11.4. The molecule has 0 spiro atoms. The Morgan fingerprint density at radius 1 is 1.48 bits per heavy atom. The highest BCUT2D eigenvalue weighted by molar-refractivity contribution is 9.10. The third-order valence-corrected chi connectivity index (χ3v) is 4.55. The van der Waals surface area contributed by atoms with Crippen molar-refractivity contribution in [2.24, 2.45) is 0 Å². The molecule has 0 bridgehead atoms. The van der Waals surface area contributed by atoms with Crippen molar-refractivity contribution in [3.8, 4) is 5.88 Å². The van der Waals surface area contributed by atoms with Gasteiger partial charge in [0.2, 0.25) is 5.88 Å². The van der Waals surface area contributed by atoms with Gasteiger partial charge in [0.05, 0.1) is 5.56 Å². The van der Waals surface area contributed by atoms with E-state index < -0.39 is 12.2 Å². The predicted molar refractivity (Wildman–Crippen MR) is 90.0 cm³/mol. The lowest BCUT2D eigenvalue weighted by atomic mass is 10.2. The summed E-state index contributed by atoms with van der Waals surface area (Å²) >= 11 is 15.4. The Balaban J connectivity index is 1.61. The van der Waals surface area contributed by atoms with Gasteiger partial charge in [-0.25, -0.2) is 9.78 Å². The van der Waals surface area contributed by atoms with Crippen molar-refractivity contribution < 1.29 is 14.3 Å². The first kappa shape index (κ1) is 16.4. The number of pyridine rings is 1. The van der Waals surface area contributed by atoms with Crippen LogP contribution in [0.4, 0.5) is 4.79 Å². The number of carbonyl (C=O) groups is 1. The van der Waals surface area contributed by atoms with Gasteiger partial charge in [-0.2, -0.15) is 0 Å². The number of ether oxygens (including phenoxy) is 2. The summed E-state index contributed by atoms with van der Waals surface area (Å²) in [7, 11) is 0. The van der Waals surface area contributed by atoms with Crippen LogP contribution in [-0.2, 0) is 11.3 Å². The van der Waals surface area contributed by atoms with E-state index in [1.807, 2.05) is 6.07 Å². The fourth-order valence-corrected chi connectivity index (χ4v) is 3.59. The van der Waals surface area contributed by atoms with Crippen molar-refractivity contribution in [2.45, 2.75) is 12.6 Å². The van der Waals surface area contributed by atoms with Crippen LogP contribution in [0.5, 0.6) is 5.88 Å². The molecule has 2 aromatic rings. The molecule has 3 rings (SSSR count). The minimum atomic E-state index is -0.562. The maximum atomic E-state index is 12.0. The summed E-state index contributed by atoms with van der Waals surface area (Å²) in [5.74, 6) is 0.494. The van der Waals surface area contributed by atoms with Crippen LogP contribution in [0.2, 0.25) is 10.0 Å². The molecule has 1 aliphatic rings. The lowest BCUT2D eigenvalue weighted by Crippen LogP contribution is -2.26. The second-order valence-corrected chi connectivity index (χ2v) is 6.50. The second-order valence-electron chi connectivity index (χ2n) is 4.80. The zero-order chi connectivity index (χ0) is 16.4. The monoisotopic (exact) mass is 416 g/mol. The first-order valence-corrected chi connectivity index (χ1v) is 8.25. The summed E-state index contributed by atoms with van der Waals surface area (Å²) in [5, 5.41) is 3.64. The molecule has 0 saturated heterocycles. The molecule has 0 radical (unpaired) electrons. The van der Waals surface area contributed by atoms with Gasteiger partial charge in [-0.15, -0.1) is 0 Å². The maximum Gasteiger partial charge on any atom is 0.408 e. The summed E-state index contributed by atoms with van der Waals surface area (Å²) in [6, 6.07) is 6.91. The van der Waals surface area contributed by atoms with Gasteiger partial charge < -0.3 is 14.8 Å². The lowest BCUT2D eigenvalue weighted by Gasteiger charge is -2.13. The van der Waals surface area contributed by atoms with Crippen molar-refractivity contribution in [3.63, 3.8) is 0 Å². The normalized spacial score (nSPS) is 15.7. The number of fused-ring (bicyclic) bond motifs is 1. The van der Waals surface area contributed by atoms with E-state index >= 15 is 0 Å². The van der Waals surface area contributed by atoms with Gasteiger partial charge >= 0.3 is 6.09 Å². The third kappa shape index (κ3) is 3.71. The van der Waals surface area contributed by atoms with Crippen molar-refractivity contribution in [1.29, 1.82) is 0 Å². The van der Waals surface area contributed by atoms with Crippen LogP contribution in [0, 0.1) is 0 Å². The van der Waals surface area contributed by atoms with E-state index in [-0.39, 0.29) is 13.2 Å². The Hall–Kier alpha value is -1.50. The van der Waals surface area contributed by atoms with E-state index in [2.05, 4.69) is 26.2 Å². The fourth-order valence-electron chi connectivity index (χ4n) is 2.18. The van der Waals surface area contributed by atoms with Crippen LogP contribution in [0.15, 0.2) is 34.9 Å². The molecule has 1 N–H and O–H groups in total. The van der Waals surface area contributed by atoms with Gasteiger partial charge in [0.25, 0.3) is 0 Å². The molecule has 120 valence electrons. The number of halogens is 3. The Morgan fingerprint density at radius 3 is 3.09 bits per heavy atom. The molecule has 0 aliphatic carbocycles. The SMILES string of the molecule is O=C(NCc1c(Cl)cc(Cl)cc1Br)O[C@@H]1COc2ncccc21. The van der Waals surface area contributed by atoms with E-state index in [0.717, 1.165) is 11.1 Å². The van der Waals surface area contributed by atoms with Crippen LogP contribution >= 0.6 is 39.1 Å². The lowest BCUT2D eigenvalue weighted by molar-refractivity contribution is 0.0821. The van der Waals surface area contributed by atoms with Gasteiger partial charge in [-0.1, -0.05) is 39.1 Å². The molecule has 0 unspecified atom stereocenters. The summed E-state index contributed by atoms with van der Waals surface area (Å²) in [6.45, 7) is 0.466. The summed E-state index contributed by atoms with van der Waals surface area (Å²) in [6.07, 6.45) is 0.595. The quantitative estimate of drug-likeness (QED) is 0.797. The zero-order valence-corrected chi connectivity index (χ0v) is 14.8. The smallest absolute Gasteiger partial charge is 0.408 e. The molecule has 5 nitrogen and oxygen atoms in total. The first-order chi connectivity index (χ1) is 11.0. The average Bonchev–Trinajstić information content (AvgIpc) is 2.89. The van der Waals surface area contributed by atoms with Gasteiger partial charge in [0.1, 0.15) is 6.61 Å². The molecule has 1 aliphatic heterocycles. The van der Waals surface area contributed by atoms with Crippen LogP contribution < -0.4 is 10.1 Å². The third-order valence-electron chi connectivity index (χ3n) is 3.28. The zero-order valence-electron chi connectivity index (χ0n) is 11.7. The number of nitrogens with one attached hydrogen (secondary N) is 1. The molecule has 1 atom stereocenters. The van der Waals surface area contributed by atoms with Crippen molar-refractivity contribution >= 4 is 45.2 Å². The Morgan fingerprint density at radius 2 is 2.30 bits per heavy atom. The molecule has 0 saturated carbocycles. The summed E-state index contributed by atoms with van der Waals surface area (Å²) in [5.41, 5.74) is 1.48. The highest BCUT2D eigenvalue weighted by atomic mass is 79.9. The predicted octanol–water partition coefficient (Wildman–Crippen LogP) is 4.51. The fraction of sp³-hybridized carbons (Fsp3) is 0.200. The number of rotatable bonds is 3. The number of hydrogen-bond acceptors (Lipinski definition) is 4. The van der Waals surface area contributed by atoms with E-state index in [9.17, 15) is 4.79 Å². The molecular weight excluding hydrogens is 407 g/mol.